The summed E-state index contributed by atoms with van der Waals surface area (Å²) in [6, 6.07) is 18.6. The van der Waals surface area contributed by atoms with Gasteiger partial charge in [-0.25, -0.2) is 0 Å². The molecule has 1 heterocycles. The van der Waals surface area contributed by atoms with E-state index in [0.717, 1.165) is 37.5 Å². The van der Waals surface area contributed by atoms with Crippen molar-refractivity contribution < 1.29 is 0 Å². The van der Waals surface area contributed by atoms with E-state index in [1.807, 2.05) is 24.3 Å². The fourth-order valence-corrected chi connectivity index (χ4v) is 3.39. The Balaban J connectivity index is 1.55. The molecule has 0 bridgehead atoms. The third-order valence-electron chi connectivity index (χ3n) is 4.33. The van der Waals surface area contributed by atoms with Crippen LogP contribution in [-0.4, -0.2) is 49.5 Å². The molecule has 0 unspecified atom stereocenters. The van der Waals surface area contributed by atoms with Crippen molar-refractivity contribution >= 4 is 28.8 Å². The van der Waals surface area contributed by atoms with E-state index in [2.05, 4.69) is 57.4 Å². The van der Waals surface area contributed by atoms with Crippen molar-refractivity contribution in [3.8, 4) is 0 Å². The van der Waals surface area contributed by atoms with Crippen molar-refractivity contribution in [2.75, 3.05) is 38.1 Å². The second-order valence-corrected chi connectivity index (χ2v) is 7.34. The lowest BCUT2D eigenvalue weighted by Crippen LogP contribution is -2.44. The highest BCUT2D eigenvalue weighted by molar-refractivity contribution is 8.13. The van der Waals surface area contributed by atoms with Crippen LogP contribution in [0.1, 0.15) is 11.1 Å². The summed E-state index contributed by atoms with van der Waals surface area (Å²) < 4.78 is 0. The van der Waals surface area contributed by atoms with Gasteiger partial charge in [-0.3, -0.25) is 0 Å². The molecule has 1 aliphatic rings. The molecular formula is C20H25N5S. The molecular weight excluding hydrogens is 342 g/mol. The first-order chi connectivity index (χ1) is 12.7. The van der Waals surface area contributed by atoms with Crippen LogP contribution in [-0.2, 0) is 5.75 Å². The minimum atomic E-state index is 0.473. The average molecular weight is 368 g/mol. The first-order valence-electron chi connectivity index (χ1n) is 8.77. The number of nitrogens with zero attached hydrogens (tertiary/aromatic N) is 4. The van der Waals surface area contributed by atoms with Crippen LogP contribution in [0.25, 0.3) is 0 Å². The molecule has 0 spiro atoms. The second kappa shape index (κ2) is 9.40. The molecule has 1 fully saturated rings. The summed E-state index contributed by atoms with van der Waals surface area (Å²) in [5, 5.41) is 8.71. The first-order valence-corrected chi connectivity index (χ1v) is 9.76. The van der Waals surface area contributed by atoms with Gasteiger partial charge in [0.1, 0.15) is 0 Å². The third-order valence-corrected chi connectivity index (χ3v) is 5.19. The van der Waals surface area contributed by atoms with Crippen LogP contribution in [0, 0.1) is 0 Å². The fraction of sp³-hybridized carbons (Fsp3) is 0.300. The molecule has 5 nitrogen and oxygen atoms in total. The smallest absolute Gasteiger partial charge is 0.180 e. The van der Waals surface area contributed by atoms with E-state index in [1.54, 1.807) is 6.21 Å². The molecule has 26 heavy (non-hydrogen) atoms. The van der Waals surface area contributed by atoms with Crippen molar-refractivity contribution in [3.05, 3.63) is 65.7 Å². The van der Waals surface area contributed by atoms with Crippen LogP contribution in [0.5, 0.6) is 0 Å². The van der Waals surface area contributed by atoms with Gasteiger partial charge in [0.15, 0.2) is 5.17 Å². The fourth-order valence-electron chi connectivity index (χ4n) is 2.78. The molecule has 2 N–H and O–H groups in total. The number of hydrogen-bond acceptors (Lipinski definition) is 5. The minimum Gasteiger partial charge on any atom is -0.377 e. The maximum absolute atomic E-state index is 5.93. The normalized spacial score (nSPS) is 16.3. The molecule has 136 valence electrons. The van der Waals surface area contributed by atoms with Gasteiger partial charge < -0.3 is 15.5 Å². The summed E-state index contributed by atoms with van der Waals surface area (Å²) in [7, 11) is 2.17. The number of thioether (sulfide) groups is 1. The Kier molecular flexibility index (Phi) is 6.68. The number of amidine groups is 1. The maximum Gasteiger partial charge on any atom is 0.180 e. The van der Waals surface area contributed by atoms with E-state index in [9.17, 15) is 0 Å². The first kappa shape index (κ1) is 18.5. The SMILES string of the molecule is CN1CCN(c2cccc(C=NN=C(N)SCc3ccccc3)c2)CC1. The molecule has 3 rings (SSSR count). The number of rotatable bonds is 5. The zero-order valence-corrected chi connectivity index (χ0v) is 15.9. The highest BCUT2D eigenvalue weighted by atomic mass is 32.2. The van der Waals surface area contributed by atoms with E-state index in [-0.39, 0.29) is 0 Å². The predicted octanol–water partition coefficient (Wildman–Crippen LogP) is 3.02. The number of piperazine rings is 1. The Labute approximate surface area is 159 Å². The molecule has 2 aromatic carbocycles. The van der Waals surface area contributed by atoms with Crippen LogP contribution in [0.2, 0.25) is 0 Å². The van der Waals surface area contributed by atoms with Crippen LogP contribution in [0.15, 0.2) is 64.8 Å². The van der Waals surface area contributed by atoms with E-state index >= 15 is 0 Å². The molecule has 1 saturated heterocycles. The number of likely N-dealkylation sites (N-methyl/N-ethyl adjacent to an activating group) is 1. The van der Waals surface area contributed by atoms with E-state index in [0.29, 0.717) is 5.17 Å². The van der Waals surface area contributed by atoms with Crippen molar-refractivity contribution in [1.29, 1.82) is 0 Å². The van der Waals surface area contributed by atoms with Gasteiger partial charge in [0.2, 0.25) is 0 Å². The lowest BCUT2D eigenvalue weighted by Gasteiger charge is -2.34. The topological polar surface area (TPSA) is 57.2 Å². The number of anilines is 1. The molecule has 0 aliphatic carbocycles. The van der Waals surface area contributed by atoms with Crippen LogP contribution >= 0.6 is 11.8 Å². The van der Waals surface area contributed by atoms with Crippen LogP contribution in [0.3, 0.4) is 0 Å². The zero-order valence-electron chi connectivity index (χ0n) is 15.1. The Hall–Kier alpha value is -2.31. The van der Waals surface area contributed by atoms with Crippen molar-refractivity contribution in [1.82, 2.24) is 4.90 Å². The number of benzene rings is 2. The highest BCUT2D eigenvalue weighted by Crippen LogP contribution is 2.17. The number of hydrogen-bond donors (Lipinski definition) is 1. The molecule has 2 aromatic rings. The molecule has 0 amide bonds. The standard InChI is InChI=1S/C20H25N5S/c1-24-10-12-25(13-11-24)19-9-5-8-18(14-19)15-22-23-20(21)26-16-17-6-3-2-4-7-17/h2-9,14-15H,10-13,16H2,1H3,(H2,21,23). The summed E-state index contributed by atoms with van der Waals surface area (Å²) in [4.78, 5) is 4.76. The molecule has 6 heteroatoms. The van der Waals surface area contributed by atoms with Gasteiger partial charge >= 0.3 is 0 Å². The summed E-state index contributed by atoms with van der Waals surface area (Å²) >= 11 is 1.49. The Morgan fingerprint density at radius 2 is 1.85 bits per heavy atom. The Bertz CT molecular complexity index is 752. The van der Waals surface area contributed by atoms with Gasteiger partial charge in [-0.2, -0.15) is 5.10 Å². The third kappa shape index (κ3) is 5.61. The van der Waals surface area contributed by atoms with Gasteiger partial charge in [-0.05, 0) is 30.3 Å². The molecule has 1 aliphatic heterocycles. The quantitative estimate of drug-likeness (QED) is 0.501. The van der Waals surface area contributed by atoms with Gasteiger partial charge in [-0.1, -0.05) is 54.2 Å². The predicted molar refractivity (Wildman–Crippen MR) is 113 cm³/mol. The summed E-state index contributed by atoms with van der Waals surface area (Å²) in [6.45, 7) is 4.30. The van der Waals surface area contributed by atoms with Crippen molar-refractivity contribution in [2.24, 2.45) is 15.9 Å². The summed E-state index contributed by atoms with van der Waals surface area (Å²) in [5.74, 6) is 0.796. The highest BCUT2D eigenvalue weighted by Gasteiger charge is 2.13. The lowest BCUT2D eigenvalue weighted by atomic mass is 10.2. The van der Waals surface area contributed by atoms with Gasteiger partial charge in [0.05, 0.1) is 6.21 Å². The molecule has 0 aromatic heterocycles. The van der Waals surface area contributed by atoms with Crippen molar-refractivity contribution in [2.45, 2.75) is 5.75 Å². The van der Waals surface area contributed by atoms with Crippen LogP contribution in [0.4, 0.5) is 5.69 Å². The number of nitrogens with two attached hydrogens (primary N) is 1. The van der Waals surface area contributed by atoms with Crippen LogP contribution < -0.4 is 10.6 Å². The van der Waals surface area contributed by atoms with Gasteiger partial charge in [0.25, 0.3) is 0 Å². The Morgan fingerprint density at radius 3 is 2.62 bits per heavy atom. The lowest BCUT2D eigenvalue weighted by molar-refractivity contribution is 0.313. The van der Waals surface area contributed by atoms with E-state index in [4.69, 9.17) is 5.73 Å². The monoisotopic (exact) mass is 367 g/mol. The van der Waals surface area contributed by atoms with Gasteiger partial charge in [0, 0.05) is 37.6 Å². The second-order valence-electron chi connectivity index (χ2n) is 6.34. The summed E-state index contributed by atoms with van der Waals surface area (Å²) in [5.41, 5.74) is 9.42. The zero-order chi connectivity index (χ0) is 18.2. The van der Waals surface area contributed by atoms with E-state index in [1.165, 1.54) is 23.0 Å². The van der Waals surface area contributed by atoms with Crippen molar-refractivity contribution in [3.63, 3.8) is 0 Å². The maximum atomic E-state index is 5.93. The minimum absolute atomic E-state index is 0.473. The molecule has 0 saturated carbocycles. The molecule has 0 atom stereocenters. The van der Waals surface area contributed by atoms with Gasteiger partial charge in [-0.15, -0.1) is 5.10 Å². The van der Waals surface area contributed by atoms with E-state index < -0.39 is 0 Å². The Morgan fingerprint density at radius 1 is 1.08 bits per heavy atom. The average Bonchev–Trinajstić information content (AvgIpc) is 2.68. The largest absolute Gasteiger partial charge is 0.377 e. The molecule has 0 radical (unpaired) electrons. The summed E-state index contributed by atoms with van der Waals surface area (Å²) in [6.07, 6.45) is 1.76.